The Kier molecular flexibility index (Phi) is 7.32. The third kappa shape index (κ3) is 5.87. The Balaban J connectivity index is 1.99. The van der Waals surface area contributed by atoms with Gasteiger partial charge >= 0.3 is 0 Å². The normalized spacial score (nSPS) is 12.4. The Morgan fingerprint density at radius 1 is 0.500 bits per heavy atom. The molecule has 6 nitrogen and oxygen atoms in total. The average molecular weight is 519 g/mol. The van der Waals surface area contributed by atoms with Crippen LogP contribution in [-0.2, 0) is 20.2 Å². The number of hydrogen-bond donors (Lipinski definition) is 2. The van der Waals surface area contributed by atoms with Gasteiger partial charge in [0.1, 0.15) is 9.79 Å². The van der Waals surface area contributed by atoms with E-state index in [1.165, 1.54) is 12.1 Å². The first-order valence-corrected chi connectivity index (χ1v) is 13.7. The van der Waals surface area contributed by atoms with Gasteiger partial charge < -0.3 is 0 Å². The molecule has 0 heterocycles. The van der Waals surface area contributed by atoms with Crippen molar-refractivity contribution in [2.75, 3.05) is 0 Å². The van der Waals surface area contributed by atoms with E-state index in [0.29, 0.717) is 11.1 Å². The van der Waals surface area contributed by atoms with Crippen molar-refractivity contribution in [2.24, 2.45) is 0 Å². The Hall–Kier alpha value is -3.82. The smallest absolute Gasteiger partial charge is 0.282 e. The molecule has 0 radical (unpaired) electrons. The monoisotopic (exact) mass is 518 g/mol. The summed E-state index contributed by atoms with van der Waals surface area (Å²) in [6.07, 6.45) is 7.40. The van der Waals surface area contributed by atoms with Gasteiger partial charge in [0.15, 0.2) is 0 Å². The molecule has 0 amide bonds. The second-order valence-electron chi connectivity index (χ2n) is 7.88. The van der Waals surface area contributed by atoms with Crippen LogP contribution in [0.1, 0.15) is 22.3 Å². The van der Waals surface area contributed by atoms with Crippen molar-refractivity contribution in [3.63, 3.8) is 0 Å². The molecule has 0 saturated carbocycles. The molecule has 0 aliphatic heterocycles. The molecule has 2 N–H and O–H groups in total. The Labute approximate surface area is 210 Å². The van der Waals surface area contributed by atoms with Crippen LogP contribution in [0, 0.1) is 0 Å². The van der Waals surface area contributed by atoms with Crippen LogP contribution in [-0.4, -0.2) is 25.9 Å². The Morgan fingerprint density at radius 3 is 1.58 bits per heavy atom. The first-order valence-electron chi connectivity index (χ1n) is 10.8. The molecule has 0 aliphatic carbocycles. The molecule has 0 bridgehead atoms. The molecule has 4 aromatic carbocycles. The lowest BCUT2D eigenvalue weighted by atomic mass is 9.94. The van der Waals surface area contributed by atoms with Crippen LogP contribution in [0.2, 0.25) is 0 Å². The Bertz CT molecular complexity index is 1660. The summed E-state index contributed by atoms with van der Waals surface area (Å²) in [6, 6.07) is 27.9. The lowest BCUT2D eigenvalue weighted by Gasteiger charge is -2.15. The summed E-state index contributed by atoms with van der Waals surface area (Å²) >= 11 is 0. The summed E-state index contributed by atoms with van der Waals surface area (Å²) in [7, 11) is -9.97. The minimum absolute atomic E-state index is 0.0599. The van der Waals surface area contributed by atoms with E-state index in [-0.39, 0.29) is 5.56 Å². The average Bonchev–Trinajstić information content (AvgIpc) is 2.86. The van der Waals surface area contributed by atoms with Gasteiger partial charge in [-0.25, -0.2) is 0 Å². The van der Waals surface area contributed by atoms with Crippen LogP contribution in [0.15, 0.2) is 107 Å². The molecule has 0 atom stereocenters. The van der Waals surface area contributed by atoms with E-state index in [9.17, 15) is 25.9 Å². The predicted octanol–water partition coefficient (Wildman–Crippen LogP) is 6.19. The van der Waals surface area contributed by atoms with Gasteiger partial charge in [-0.2, -0.15) is 16.8 Å². The number of rotatable bonds is 7. The molecule has 182 valence electrons. The highest BCUT2D eigenvalue weighted by atomic mass is 32.2. The highest BCUT2D eigenvalue weighted by Gasteiger charge is 2.28. The van der Waals surface area contributed by atoms with E-state index in [4.69, 9.17) is 0 Å². The van der Waals surface area contributed by atoms with Crippen molar-refractivity contribution in [3.05, 3.63) is 119 Å². The van der Waals surface area contributed by atoms with Crippen molar-refractivity contribution < 1.29 is 25.9 Å². The third-order valence-corrected chi connectivity index (χ3v) is 7.42. The Morgan fingerprint density at radius 2 is 1.03 bits per heavy atom. The third-order valence-electron chi connectivity index (χ3n) is 5.44. The van der Waals surface area contributed by atoms with Gasteiger partial charge in [-0.05, 0) is 33.9 Å². The van der Waals surface area contributed by atoms with Gasteiger partial charge in [0.2, 0.25) is 0 Å². The molecular formula is C28H22O6S2. The number of hydrogen-bond acceptors (Lipinski definition) is 4. The largest absolute Gasteiger partial charge is 0.296 e. The maximum absolute atomic E-state index is 12.3. The fraction of sp³-hybridized carbons (Fsp3) is 0. The molecule has 0 spiro atoms. The van der Waals surface area contributed by atoms with Crippen LogP contribution in [0.5, 0.6) is 0 Å². The molecule has 4 aromatic rings. The van der Waals surface area contributed by atoms with Crippen LogP contribution in [0.25, 0.3) is 35.4 Å². The maximum atomic E-state index is 12.3. The lowest BCUT2D eigenvalue weighted by Crippen LogP contribution is -2.10. The summed E-state index contributed by atoms with van der Waals surface area (Å²) < 4.78 is 68.2. The molecule has 0 aliphatic rings. The minimum Gasteiger partial charge on any atom is -0.282 e. The van der Waals surface area contributed by atoms with Gasteiger partial charge in [-0.1, -0.05) is 115 Å². The second-order valence-corrected chi connectivity index (χ2v) is 10.6. The molecule has 8 heteroatoms. The summed E-state index contributed by atoms with van der Waals surface area (Å²) in [5.74, 6) is 0. The topological polar surface area (TPSA) is 109 Å². The minimum atomic E-state index is -5.03. The van der Waals surface area contributed by atoms with E-state index in [1.54, 1.807) is 18.2 Å². The zero-order valence-electron chi connectivity index (χ0n) is 18.9. The van der Waals surface area contributed by atoms with E-state index in [0.717, 1.165) is 22.8 Å². The molecule has 36 heavy (non-hydrogen) atoms. The predicted molar refractivity (Wildman–Crippen MR) is 142 cm³/mol. The van der Waals surface area contributed by atoms with Gasteiger partial charge in [-0.15, -0.1) is 0 Å². The van der Waals surface area contributed by atoms with Crippen molar-refractivity contribution in [3.8, 4) is 11.1 Å². The van der Waals surface area contributed by atoms with Gasteiger partial charge in [0.25, 0.3) is 20.2 Å². The standard InChI is InChI=1S/C28H22O6S2/c29-35(30,31)27-16-8-15-26(28(27)36(32,33)34)25-14-7-13-23(19-17-21-9-3-1-4-10-21)24(25)20-18-22-11-5-2-6-12-22/h1-20H,(H,29,30,31)(H,32,33,34). The van der Waals surface area contributed by atoms with Gasteiger partial charge in [0.05, 0.1) is 0 Å². The summed E-state index contributed by atoms with van der Waals surface area (Å²) in [5, 5.41) is 0. The fourth-order valence-corrected chi connectivity index (χ4v) is 5.85. The molecule has 4 rings (SSSR count). The van der Waals surface area contributed by atoms with Crippen molar-refractivity contribution in [1.82, 2.24) is 0 Å². The fourth-order valence-electron chi connectivity index (χ4n) is 3.84. The van der Waals surface area contributed by atoms with E-state index < -0.39 is 30.0 Å². The van der Waals surface area contributed by atoms with Crippen LogP contribution in [0.3, 0.4) is 0 Å². The zero-order valence-corrected chi connectivity index (χ0v) is 20.5. The molecular weight excluding hydrogens is 496 g/mol. The maximum Gasteiger partial charge on any atom is 0.296 e. The SMILES string of the molecule is O=S(=O)(O)c1cccc(-c2cccc(C=Cc3ccccc3)c2C=Cc2ccccc2)c1S(=O)(=O)O. The van der Waals surface area contributed by atoms with Crippen LogP contribution < -0.4 is 0 Å². The highest BCUT2D eigenvalue weighted by Crippen LogP contribution is 2.36. The van der Waals surface area contributed by atoms with Crippen molar-refractivity contribution in [2.45, 2.75) is 9.79 Å². The van der Waals surface area contributed by atoms with Crippen molar-refractivity contribution >= 4 is 44.5 Å². The lowest BCUT2D eigenvalue weighted by molar-refractivity contribution is 0.467. The molecule has 0 aromatic heterocycles. The first-order chi connectivity index (χ1) is 17.1. The first kappa shape index (κ1) is 25.3. The number of benzene rings is 4. The van der Waals surface area contributed by atoms with Crippen molar-refractivity contribution in [1.29, 1.82) is 0 Å². The van der Waals surface area contributed by atoms with Gasteiger partial charge in [-0.3, -0.25) is 9.11 Å². The summed E-state index contributed by atoms with van der Waals surface area (Å²) in [5.41, 5.74) is 3.46. The van der Waals surface area contributed by atoms with Crippen LogP contribution in [0.4, 0.5) is 0 Å². The van der Waals surface area contributed by atoms with Gasteiger partial charge in [0, 0.05) is 5.56 Å². The molecule has 0 saturated heterocycles. The molecule has 0 fully saturated rings. The van der Waals surface area contributed by atoms with E-state index in [1.807, 2.05) is 85.0 Å². The van der Waals surface area contributed by atoms with E-state index >= 15 is 0 Å². The zero-order chi connectivity index (χ0) is 25.8. The second kappa shape index (κ2) is 10.4. The summed E-state index contributed by atoms with van der Waals surface area (Å²) in [6.45, 7) is 0. The van der Waals surface area contributed by atoms with Crippen LogP contribution >= 0.6 is 0 Å². The summed E-state index contributed by atoms with van der Waals surface area (Å²) in [4.78, 5) is -1.78. The molecule has 0 unspecified atom stereocenters. The highest BCUT2D eigenvalue weighted by molar-refractivity contribution is 7.89. The quantitative estimate of drug-likeness (QED) is 0.223. The van der Waals surface area contributed by atoms with E-state index in [2.05, 4.69) is 0 Å².